The van der Waals surface area contributed by atoms with Crippen molar-refractivity contribution in [3.8, 4) is 11.3 Å². The first-order chi connectivity index (χ1) is 11.1. The number of anilines is 2. The van der Waals surface area contributed by atoms with Crippen LogP contribution in [-0.4, -0.2) is 47.1 Å². The summed E-state index contributed by atoms with van der Waals surface area (Å²) in [4.78, 5) is 22.6. The van der Waals surface area contributed by atoms with Gasteiger partial charge in [0.25, 0.3) is 5.91 Å². The van der Waals surface area contributed by atoms with Crippen LogP contribution in [0.25, 0.3) is 11.3 Å². The van der Waals surface area contributed by atoms with Crippen LogP contribution in [0.15, 0.2) is 24.3 Å². The fourth-order valence-corrected chi connectivity index (χ4v) is 2.58. The lowest BCUT2D eigenvalue weighted by Crippen LogP contribution is -2.40. The van der Waals surface area contributed by atoms with Gasteiger partial charge in [0, 0.05) is 29.8 Å². The number of nitrogens with zero attached hydrogens (tertiary/aromatic N) is 3. The van der Waals surface area contributed by atoms with Gasteiger partial charge >= 0.3 is 0 Å². The minimum Gasteiger partial charge on any atom is -0.383 e. The zero-order valence-corrected chi connectivity index (χ0v) is 13.0. The van der Waals surface area contributed by atoms with E-state index in [4.69, 9.17) is 16.2 Å². The van der Waals surface area contributed by atoms with E-state index in [2.05, 4.69) is 9.97 Å². The number of amides is 1. The Kier molecular flexibility index (Phi) is 4.12. The molecule has 0 unspecified atom stereocenters. The molecule has 1 saturated heterocycles. The second kappa shape index (κ2) is 6.21. The summed E-state index contributed by atoms with van der Waals surface area (Å²) in [6.07, 6.45) is 0. The average molecular weight is 313 g/mol. The molecular weight excluding hydrogens is 294 g/mol. The maximum Gasteiger partial charge on any atom is 0.254 e. The van der Waals surface area contributed by atoms with Crippen LogP contribution in [0.4, 0.5) is 11.8 Å². The Morgan fingerprint density at radius 3 is 2.70 bits per heavy atom. The van der Waals surface area contributed by atoms with E-state index in [9.17, 15) is 4.79 Å². The van der Waals surface area contributed by atoms with E-state index in [0.717, 1.165) is 11.1 Å². The van der Waals surface area contributed by atoms with Crippen molar-refractivity contribution in [3.05, 3.63) is 35.4 Å². The Morgan fingerprint density at radius 2 is 1.96 bits per heavy atom. The van der Waals surface area contributed by atoms with Gasteiger partial charge in [-0.2, -0.15) is 4.98 Å². The highest BCUT2D eigenvalue weighted by Crippen LogP contribution is 2.26. The number of benzene rings is 1. The molecule has 2 heterocycles. The number of aromatic nitrogens is 2. The molecule has 4 N–H and O–H groups in total. The molecule has 1 aliphatic heterocycles. The van der Waals surface area contributed by atoms with Crippen LogP contribution < -0.4 is 11.5 Å². The first-order valence-electron chi connectivity index (χ1n) is 7.43. The number of nitrogen functional groups attached to an aromatic ring is 2. The summed E-state index contributed by atoms with van der Waals surface area (Å²) >= 11 is 0. The van der Waals surface area contributed by atoms with Crippen LogP contribution in [0.3, 0.4) is 0 Å². The summed E-state index contributed by atoms with van der Waals surface area (Å²) in [6.45, 7) is 4.19. The number of rotatable bonds is 2. The lowest BCUT2D eigenvalue weighted by Gasteiger charge is -2.27. The largest absolute Gasteiger partial charge is 0.383 e. The lowest BCUT2D eigenvalue weighted by molar-refractivity contribution is 0.0303. The zero-order valence-electron chi connectivity index (χ0n) is 13.0. The first-order valence-corrected chi connectivity index (χ1v) is 7.43. The van der Waals surface area contributed by atoms with E-state index in [1.54, 1.807) is 11.0 Å². The molecule has 2 aromatic rings. The van der Waals surface area contributed by atoms with Crippen LogP contribution in [0.1, 0.15) is 15.9 Å². The molecule has 7 nitrogen and oxygen atoms in total. The van der Waals surface area contributed by atoms with Crippen molar-refractivity contribution in [2.75, 3.05) is 37.8 Å². The van der Waals surface area contributed by atoms with Crippen molar-refractivity contribution in [2.24, 2.45) is 0 Å². The summed E-state index contributed by atoms with van der Waals surface area (Å²) in [7, 11) is 0. The zero-order chi connectivity index (χ0) is 16.4. The maximum absolute atomic E-state index is 12.6. The van der Waals surface area contributed by atoms with Gasteiger partial charge in [0.05, 0.1) is 18.9 Å². The molecule has 0 aliphatic carbocycles. The lowest BCUT2D eigenvalue weighted by atomic mass is 10.0. The topological polar surface area (TPSA) is 107 Å². The summed E-state index contributed by atoms with van der Waals surface area (Å²) in [5, 5.41) is 0. The molecule has 0 spiro atoms. The number of carbonyl (C=O) groups excluding carboxylic acids is 1. The number of morpholine rings is 1. The smallest absolute Gasteiger partial charge is 0.254 e. The van der Waals surface area contributed by atoms with Gasteiger partial charge in [-0.3, -0.25) is 4.79 Å². The number of ether oxygens (including phenoxy) is 1. The quantitative estimate of drug-likeness (QED) is 0.859. The van der Waals surface area contributed by atoms with E-state index in [-0.39, 0.29) is 11.9 Å². The highest BCUT2D eigenvalue weighted by molar-refractivity contribution is 5.95. The van der Waals surface area contributed by atoms with Crippen LogP contribution >= 0.6 is 0 Å². The predicted molar refractivity (Wildman–Crippen MR) is 87.8 cm³/mol. The molecule has 1 fully saturated rings. The third kappa shape index (κ3) is 3.09. The van der Waals surface area contributed by atoms with E-state index in [1.165, 1.54) is 0 Å². The van der Waals surface area contributed by atoms with Crippen molar-refractivity contribution >= 4 is 17.7 Å². The molecule has 1 aliphatic rings. The Labute approximate surface area is 134 Å². The molecule has 1 aromatic heterocycles. The fraction of sp³-hybridized carbons (Fsp3) is 0.312. The molecule has 7 heteroatoms. The van der Waals surface area contributed by atoms with Gasteiger partial charge < -0.3 is 21.1 Å². The average Bonchev–Trinajstić information content (AvgIpc) is 2.58. The van der Waals surface area contributed by atoms with E-state index in [0.29, 0.717) is 43.4 Å². The molecule has 0 saturated carbocycles. The first kappa shape index (κ1) is 15.2. The van der Waals surface area contributed by atoms with Crippen LogP contribution in [0, 0.1) is 6.92 Å². The Bertz CT molecular complexity index is 741. The highest BCUT2D eigenvalue weighted by atomic mass is 16.5. The Hall–Kier alpha value is -2.67. The SMILES string of the molecule is Cc1c(N)nc(N)nc1-c1cccc(C(=O)N2CCOCC2)c1. The van der Waals surface area contributed by atoms with Crippen molar-refractivity contribution in [3.63, 3.8) is 0 Å². The van der Waals surface area contributed by atoms with E-state index >= 15 is 0 Å². The molecule has 0 radical (unpaired) electrons. The minimum atomic E-state index is -0.0113. The summed E-state index contributed by atoms with van der Waals surface area (Å²) in [5.41, 5.74) is 14.3. The summed E-state index contributed by atoms with van der Waals surface area (Å²) in [5.74, 6) is 0.452. The van der Waals surface area contributed by atoms with Crippen molar-refractivity contribution in [1.82, 2.24) is 14.9 Å². The standard InChI is InChI=1S/C16H19N5O2/c1-10-13(19-16(18)20-14(10)17)11-3-2-4-12(9-11)15(22)21-5-7-23-8-6-21/h2-4,9H,5-8H2,1H3,(H4,17,18,19,20). The third-order valence-corrected chi connectivity index (χ3v) is 3.88. The number of carbonyl (C=O) groups is 1. The highest BCUT2D eigenvalue weighted by Gasteiger charge is 2.19. The molecule has 1 aromatic carbocycles. The molecule has 23 heavy (non-hydrogen) atoms. The molecule has 1 amide bonds. The second-order valence-electron chi connectivity index (χ2n) is 5.43. The van der Waals surface area contributed by atoms with Gasteiger partial charge in [0.2, 0.25) is 5.95 Å². The van der Waals surface area contributed by atoms with Gasteiger partial charge in [0.1, 0.15) is 5.82 Å². The Balaban J connectivity index is 1.95. The second-order valence-corrected chi connectivity index (χ2v) is 5.43. The Morgan fingerprint density at radius 1 is 1.22 bits per heavy atom. The maximum atomic E-state index is 12.6. The molecule has 0 atom stereocenters. The van der Waals surface area contributed by atoms with Crippen molar-refractivity contribution in [1.29, 1.82) is 0 Å². The van der Waals surface area contributed by atoms with Crippen molar-refractivity contribution in [2.45, 2.75) is 6.92 Å². The summed E-state index contributed by atoms with van der Waals surface area (Å²) in [6, 6.07) is 7.32. The van der Waals surface area contributed by atoms with E-state index in [1.807, 2.05) is 25.1 Å². The van der Waals surface area contributed by atoms with Crippen molar-refractivity contribution < 1.29 is 9.53 Å². The third-order valence-electron chi connectivity index (χ3n) is 3.88. The molecular formula is C16H19N5O2. The van der Waals surface area contributed by atoms with Gasteiger partial charge in [0.15, 0.2) is 0 Å². The monoisotopic (exact) mass is 313 g/mol. The van der Waals surface area contributed by atoms with Gasteiger partial charge in [-0.1, -0.05) is 12.1 Å². The molecule has 0 bridgehead atoms. The summed E-state index contributed by atoms with van der Waals surface area (Å²) < 4.78 is 5.28. The van der Waals surface area contributed by atoms with Gasteiger partial charge in [-0.25, -0.2) is 4.98 Å². The normalized spacial score (nSPS) is 14.7. The van der Waals surface area contributed by atoms with E-state index < -0.39 is 0 Å². The number of hydrogen-bond acceptors (Lipinski definition) is 6. The van der Waals surface area contributed by atoms with Crippen LogP contribution in [-0.2, 0) is 4.74 Å². The molecule has 3 rings (SSSR count). The van der Waals surface area contributed by atoms with Gasteiger partial charge in [-0.15, -0.1) is 0 Å². The van der Waals surface area contributed by atoms with Crippen LogP contribution in [0.2, 0.25) is 0 Å². The van der Waals surface area contributed by atoms with Gasteiger partial charge in [-0.05, 0) is 19.1 Å². The fourth-order valence-electron chi connectivity index (χ4n) is 2.58. The number of hydrogen-bond donors (Lipinski definition) is 2. The number of nitrogens with two attached hydrogens (primary N) is 2. The minimum absolute atomic E-state index is 0.0113. The predicted octanol–water partition coefficient (Wildman–Crippen LogP) is 1.09. The van der Waals surface area contributed by atoms with Crippen LogP contribution in [0.5, 0.6) is 0 Å². The molecule has 120 valence electrons.